The van der Waals surface area contributed by atoms with Crippen molar-refractivity contribution in [2.24, 2.45) is 0 Å². The van der Waals surface area contributed by atoms with Crippen LogP contribution in [0.2, 0.25) is 0 Å². The van der Waals surface area contributed by atoms with Gasteiger partial charge in [0, 0.05) is 6.54 Å². The van der Waals surface area contributed by atoms with E-state index >= 15 is 0 Å². The zero-order chi connectivity index (χ0) is 18.5. The molecule has 2 aromatic carbocycles. The van der Waals surface area contributed by atoms with Gasteiger partial charge in [0.25, 0.3) is 5.89 Å². The molecule has 0 N–H and O–H groups in total. The van der Waals surface area contributed by atoms with Crippen LogP contribution >= 0.6 is 11.8 Å². The van der Waals surface area contributed by atoms with Gasteiger partial charge in [0.2, 0.25) is 5.89 Å². The van der Waals surface area contributed by atoms with E-state index in [1.807, 2.05) is 48.5 Å². The third-order valence-corrected chi connectivity index (χ3v) is 4.97. The van der Waals surface area contributed by atoms with Crippen LogP contribution in [-0.2, 0) is 18.9 Å². The molecule has 0 aliphatic heterocycles. The summed E-state index contributed by atoms with van der Waals surface area (Å²) in [6.45, 7) is 3.36. The van der Waals surface area contributed by atoms with Crippen molar-refractivity contribution in [2.45, 2.75) is 37.4 Å². The van der Waals surface area contributed by atoms with Crippen LogP contribution < -0.4 is 4.74 Å². The molecule has 0 saturated heterocycles. The van der Waals surface area contributed by atoms with Gasteiger partial charge in [-0.3, -0.25) is 0 Å². The average molecular weight is 380 g/mol. The average Bonchev–Trinajstić information content (AvgIpc) is 3.31. The molecule has 4 aromatic rings. The molecule has 0 fully saturated rings. The van der Waals surface area contributed by atoms with Crippen LogP contribution in [0.1, 0.15) is 25.1 Å². The Hall–Kier alpha value is -2.80. The van der Waals surface area contributed by atoms with Crippen LogP contribution in [0.3, 0.4) is 0 Å². The SMILES string of the molecule is CCCn1c(SCc2nnc(COc3ccccc3)o2)nc2ccccc21. The number of ether oxygens (including phenoxy) is 1. The third kappa shape index (κ3) is 4.14. The summed E-state index contributed by atoms with van der Waals surface area (Å²) >= 11 is 1.61. The third-order valence-electron chi connectivity index (χ3n) is 4.01. The molecule has 0 aliphatic rings. The zero-order valence-electron chi connectivity index (χ0n) is 15.0. The lowest BCUT2D eigenvalue weighted by Gasteiger charge is -2.06. The quantitative estimate of drug-likeness (QED) is 0.413. The fourth-order valence-electron chi connectivity index (χ4n) is 2.80. The summed E-state index contributed by atoms with van der Waals surface area (Å²) in [5.74, 6) is 2.39. The number of aryl methyl sites for hydroxylation is 1. The highest BCUT2D eigenvalue weighted by atomic mass is 32.2. The summed E-state index contributed by atoms with van der Waals surface area (Å²) in [5, 5.41) is 9.15. The van der Waals surface area contributed by atoms with Crippen molar-refractivity contribution in [3.05, 3.63) is 66.4 Å². The molecule has 0 bridgehead atoms. The molecule has 2 heterocycles. The van der Waals surface area contributed by atoms with E-state index < -0.39 is 0 Å². The van der Waals surface area contributed by atoms with E-state index in [4.69, 9.17) is 14.1 Å². The normalized spacial score (nSPS) is 11.1. The lowest BCUT2D eigenvalue weighted by Crippen LogP contribution is -1.98. The Balaban J connectivity index is 1.41. The Morgan fingerprint density at radius 3 is 2.63 bits per heavy atom. The number of aromatic nitrogens is 4. The molecule has 0 atom stereocenters. The van der Waals surface area contributed by atoms with Gasteiger partial charge >= 0.3 is 0 Å². The lowest BCUT2D eigenvalue weighted by atomic mass is 10.3. The highest BCUT2D eigenvalue weighted by Gasteiger charge is 2.13. The summed E-state index contributed by atoms with van der Waals surface area (Å²) in [4.78, 5) is 4.74. The molecule has 0 saturated carbocycles. The number of para-hydroxylation sites is 3. The summed E-state index contributed by atoms with van der Waals surface area (Å²) in [5.41, 5.74) is 2.17. The summed E-state index contributed by atoms with van der Waals surface area (Å²) in [7, 11) is 0. The number of imidazole rings is 1. The fraction of sp³-hybridized carbons (Fsp3) is 0.250. The Morgan fingerprint density at radius 1 is 1.00 bits per heavy atom. The van der Waals surface area contributed by atoms with Crippen molar-refractivity contribution in [1.82, 2.24) is 19.7 Å². The Kier molecular flexibility index (Phi) is 5.39. The maximum atomic E-state index is 5.70. The summed E-state index contributed by atoms with van der Waals surface area (Å²) < 4.78 is 13.6. The topological polar surface area (TPSA) is 66.0 Å². The highest BCUT2D eigenvalue weighted by molar-refractivity contribution is 7.98. The van der Waals surface area contributed by atoms with Crippen LogP contribution in [-0.4, -0.2) is 19.7 Å². The van der Waals surface area contributed by atoms with Crippen molar-refractivity contribution in [3.8, 4) is 5.75 Å². The molecule has 7 heteroatoms. The van der Waals surface area contributed by atoms with Gasteiger partial charge in [-0.25, -0.2) is 4.98 Å². The zero-order valence-corrected chi connectivity index (χ0v) is 15.9. The van der Waals surface area contributed by atoms with E-state index in [1.54, 1.807) is 11.8 Å². The van der Waals surface area contributed by atoms with Crippen molar-refractivity contribution >= 4 is 22.8 Å². The van der Waals surface area contributed by atoms with Gasteiger partial charge in [-0.15, -0.1) is 10.2 Å². The van der Waals surface area contributed by atoms with Crippen molar-refractivity contribution in [2.75, 3.05) is 0 Å². The minimum absolute atomic E-state index is 0.260. The van der Waals surface area contributed by atoms with E-state index in [1.165, 1.54) is 0 Å². The van der Waals surface area contributed by atoms with E-state index in [0.717, 1.165) is 34.9 Å². The van der Waals surface area contributed by atoms with Gasteiger partial charge in [0.1, 0.15) is 5.75 Å². The standard InChI is InChI=1S/C20H20N4O2S/c1-2-12-24-17-11-7-6-10-16(17)21-20(24)27-14-19-23-22-18(26-19)13-25-15-8-4-3-5-9-15/h3-11H,2,12-14H2,1H3. The van der Waals surface area contributed by atoms with E-state index in [9.17, 15) is 0 Å². The molecule has 0 aliphatic carbocycles. The molecule has 6 nitrogen and oxygen atoms in total. The predicted octanol–water partition coefficient (Wildman–Crippen LogP) is 4.70. The maximum Gasteiger partial charge on any atom is 0.253 e. The molecule has 0 amide bonds. The first kappa shape index (κ1) is 17.6. The van der Waals surface area contributed by atoms with Crippen molar-refractivity contribution in [3.63, 3.8) is 0 Å². The maximum absolute atomic E-state index is 5.70. The van der Waals surface area contributed by atoms with Crippen LogP contribution in [0, 0.1) is 0 Å². The number of rotatable bonds is 8. The Morgan fingerprint density at radius 2 is 1.78 bits per heavy atom. The molecule has 4 rings (SSSR count). The number of hydrogen-bond acceptors (Lipinski definition) is 6. The smallest absolute Gasteiger partial charge is 0.253 e. The summed E-state index contributed by atoms with van der Waals surface area (Å²) in [6, 6.07) is 17.8. The van der Waals surface area contributed by atoms with Crippen molar-refractivity contribution < 1.29 is 9.15 Å². The fourth-order valence-corrected chi connectivity index (χ4v) is 3.67. The molecule has 0 unspecified atom stereocenters. The van der Waals surface area contributed by atoms with Gasteiger partial charge in [-0.05, 0) is 30.7 Å². The summed E-state index contributed by atoms with van der Waals surface area (Å²) in [6.07, 6.45) is 1.05. The first-order chi connectivity index (χ1) is 13.3. The molecule has 0 radical (unpaired) electrons. The Bertz CT molecular complexity index is 1010. The van der Waals surface area contributed by atoms with Gasteiger partial charge in [0.05, 0.1) is 16.8 Å². The van der Waals surface area contributed by atoms with Crippen LogP contribution in [0.15, 0.2) is 64.2 Å². The van der Waals surface area contributed by atoms with E-state index in [2.05, 4.69) is 27.8 Å². The number of thioether (sulfide) groups is 1. The van der Waals surface area contributed by atoms with E-state index in [-0.39, 0.29) is 6.61 Å². The van der Waals surface area contributed by atoms with Crippen molar-refractivity contribution in [1.29, 1.82) is 0 Å². The molecule has 138 valence electrons. The minimum Gasteiger partial charge on any atom is -0.484 e. The van der Waals surface area contributed by atoms with Crippen LogP contribution in [0.25, 0.3) is 11.0 Å². The molecule has 2 aromatic heterocycles. The predicted molar refractivity (Wildman–Crippen MR) is 105 cm³/mol. The number of nitrogens with zero attached hydrogens (tertiary/aromatic N) is 4. The van der Waals surface area contributed by atoms with E-state index in [0.29, 0.717) is 17.5 Å². The molecule has 27 heavy (non-hydrogen) atoms. The second-order valence-electron chi connectivity index (χ2n) is 6.01. The number of fused-ring (bicyclic) bond motifs is 1. The van der Waals surface area contributed by atoms with Gasteiger partial charge in [-0.2, -0.15) is 0 Å². The molecular weight excluding hydrogens is 360 g/mol. The monoisotopic (exact) mass is 380 g/mol. The Labute approximate surface area is 161 Å². The molecular formula is C20H20N4O2S. The van der Waals surface area contributed by atoms with Crippen LogP contribution in [0.4, 0.5) is 0 Å². The first-order valence-corrected chi connectivity index (χ1v) is 9.89. The highest BCUT2D eigenvalue weighted by Crippen LogP contribution is 2.27. The second kappa shape index (κ2) is 8.26. The second-order valence-corrected chi connectivity index (χ2v) is 6.96. The van der Waals surface area contributed by atoms with Crippen LogP contribution in [0.5, 0.6) is 5.75 Å². The largest absolute Gasteiger partial charge is 0.484 e. The van der Waals surface area contributed by atoms with Gasteiger partial charge in [-0.1, -0.05) is 49.0 Å². The van der Waals surface area contributed by atoms with Gasteiger partial charge in [0.15, 0.2) is 11.8 Å². The lowest BCUT2D eigenvalue weighted by molar-refractivity contribution is 0.260. The van der Waals surface area contributed by atoms with Gasteiger partial charge < -0.3 is 13.7 Å². The minimum atomic E-state index is 0.260. The number of hydrogen-bond donors (Lipinski definition) is 0. The molecule has 0 spiro atoms. The first-order valence-electron chi connectivity index (χ1n) is 8.90. The number of benzene rings is 2.